The zero-order valence-corrected chi connectivity index (χ0v) is 14.9. The van der Waals surface area contributed by atoms with Gasteiger partial charge in [-0.2, -0.15) is 4.98 Å². The number of piperidine rings is 1. The lowest BCUT2D eigenvalue weighted by Crippen LogP contribution is -2.38. The molecule has 1 aliphatic carbocycles. The lowest BCUT2D eigenvalue weighted by molar-refractivity contribution is 0.479. The van der Waals surface area contributed by atoms with Gasteiger partial charge >= 0.3 is 0 Å². The van der Waals surface area contributed by atoms with Gasteiger partial charge in [0.05, 0.1) is 16.6 Å². The Labute approximate surface area is 156 Å². The van der Waals surface area contributed by atoms with Gasteiger partial charge in [-0.15, -0.1) is 0 Å². The monoisotopic (exact) mass is 367 g/mol. The standard InChI is InChI=1S/C19H22FN7/c20-11-3-6-15-16(8-11)26-18(25-15)14-10-22-19(24-12-4-5-12)27-17(14)23-13-2-1-7-21-9-13/h3,6,8,10,12-13,21H,1-2,4-5,7,9H2,(H,25,26)(H2,22,23,24,27). The molecular weight excluding hydrogens is 345 g/mol. The summed E-state index contributed by atoms with van der Waals surface area (Å²) in [5.74, 6) is 1.74. The van der Waals surface area contributed by atoms with Crippen LogP contribution < -0.4 is 16.0 Å². The maximum atomic E-state index is 13.5. The molecule has 0 amide bonds. The Morgan fingerprint density at radius 2 is 2.00 bits per heavy atom. The van der Waals surface area contributed by atoms with Crippen LogP contribution in [0, 0.1) is 5.82 Å². The van der Waals surface area contributed by atoms with Gasteiger partial charge in [-0.1, -0.05) is 0 Å². The van der Waals surface area contributed by atoms with E-state index in [0.29, 0.717) is 29.4 Å². The molecule has 8 heteroatoms. The molecule has 2 fully saturated rings. The van der Waals surface area contributed by atoms with Gasteiger partial charge < -0.3 is 20.9 Å². The largest absolute Gasteiger partial charge is 0.365 e. The van der Waals surface area contributed by atoms with Crippen LogP contribution in [0.3, 0.4) is 0 Å². The predicted octanol–water partition coefficient (Wildman–Crippen LogP) is 2.90. The van der Waals surface area contributed by atoms with Crippen LogP contribution in [0.4, 0.5) is 16.2 Å². The molecule has 7 nitrogen and oxygen atoms in total. The van der Waals surface area contributed by atoms with E-state index in [9.17, 15) is 4.39 Å². The van der Waals surface area contributed by atoms with Crippen LogP contribution in [0.5, 0.6) is 0 Å². The molecule has 0 radical (unpaired) electrons. The number of imidazole rings is 1. The third-order valence-electron chi connectivity index (χ3n) is 5.04. The van der Waals surface area contributed by atoms with Gasteiger partial charge in [0.2, 0.25) is 5.95 Å². The van der Waals surface area contributed by atoms with E-state index in [0.717, 1.165) is 55.7 Å². The number of nitrogens with zero attached hydrogens (tertiary/aromatic N) is 3. The highest BCUT2D eigenvalue weighted by Crippen LogP contribution is 2.29. The van der Waals surface area contributed by atoms with Crippen molar-refractivity contribution >= 4 is 22.8 Å². The van der Waals surface area contributed by atoms with Crippen molar-refractivity contribution in [3.8, 4) is 11.4 Å². The first-order chi connectivity index (χ1) is 13.2. The number of hydrogen-bond acceptors (Lipinski definition) is 6. The summed E-state index contributed by atoms with van der Waals surface area (Å²) in [4.78, 5) is 17.0. The number of hydrogen-bond donors (Lipinski definition) is 4. The smallest absolute Gasteiger partial charge is 0.224 e. The summed E-state index contributed by atoms with van der Waals surface area (Å²) in [7, 11) is 0. The van der Waals surface area contributed by atoms with E-state index in [1.165, 1.54) is 12.1 Å². The number of benzene rings is 1. The SMILES string of the molecule is Fc1ccc2nc(-c3cnc(NC4CC4)nc3NC3CCCNC3)[nH]c2c1. The lowest BCUT2D eigenvalue weighted by atomic mass is 10.1. The summed E-state index contributed by atoms with van der Waals surface area (Å²) >= 11 is 0. The molecule has 1 saturated carbocycles. The lowest BCUT2D eigenvalue weighted by Gasteiger charge is -2.25. The molecule has 1 aliphatic heterocycles. The number of aromatic amines is 1. The Bertz CT molecular complexity index is 960. The highest BCUT2D eigenvalue weighted by atomic mass is 19.1. The summed E-state index contributed by atoms with van der Waals surface area (Å²) in [6, 6.07) is 5.33. The molecule has 2 aliphatic rings. The first-order valence-corrected chi connectivity index (χ1v) is 9.51. The third kappa shape index (κ3) is 3.57. The van der Waals surface area contributed by atoms with Crippen LogP contribution >= 0.6 is 0 Å². The van der Waals surface area contributed by atoms with Crippen molar-refractivity contribution in [2.45, 2.75) is 37.8 Å². The van der Waals surface area contributed by atoms with E-state index in [1.807, 2.05) is 0 Å². The van der Waals surface area contributed by atoms with E-state index in [1.54, 1.807) is 12.3 Å². The Hall–Kier alpha value is -2.74. The van der Waals surface area contributed by atoms with Crippen LogP contribution in [0.1, 0.15) is 25.7 Å². The van der Waals surface area contributed by atoms with E-state index < -0.39 is 0 Å². The van der Waals surface area contributed by atoms with Crippen molar-refractivity contribution in [3.05, 3.63) is 30.2 Å². The van der Waals surface area contributed by atoms with Crippen molar-refractivity contribution in [1.29, 1.82) is 0 Å². The minimum absolute atomic E-state index is 0.287. The Morgan fingerprint density at radius 3 is 2.81 bits per heavy atom. The molecule has 0 spiro atoms. The second-order valence-corrected chi connectivity index (χ2v) is 7.31. The molecule has 140 valence electrons. The Kier molecular flexibility index (Phi) is 4.12. The molecule has 1 atom stereocenters. The van der Waals surface area contributed by atoms with Gasteiger partial charge in [0, 0.05) is 24.8 Å². The van der Waals surface area contributed by atoms with E-state index in [4.69, 9.17) is 4.98 Å². The fourth-order valence-corrected chi connectivity index (χ4v) is 3.42. The van der Waals surface area contributed by atoms with Gasteiger partial charge in [-0.3, -0.25) is 0 Å². The van der Waals surface area contributed by atoms with Gasteiger partial charge in [-0.05, 0) is 50.4 Å². The van der Waals surface area contributed by atoms with Crippen molar-refractivity contribution in [3.63, 3.8) is 0 Å². The van der Waals surface area contributed by atoms with E-state index in [-0.39, 0.29) is 5.82 Å². The molecule has 0 bridgehead atoms. The van der Waals surface area contributed by atoms with Crippen LogP contribution in [-0.2, 0) is 0 Å². The van der Waals surface area contributed by atoms with Gasteiger partial charge in [-0.25, -0.2) is 14.4 Å². The predicted molar refractivity (Wildman–Crippen MR) is 103 cm³/mol. The first-order valence-electron chi connectivity index (χ1n) is 9.51. The van der Waals surface area contributed by atoms with Crippen LogP contribution in [0.2, 0.25) is 0 Å². The molecule has 1 unspecified atom stereocenters. The Morgan fingerprint density at radius 1 is 1.07 bits per heavy atom. The molecule has 1 saturated heterocycles. The first kappa shape index (κ1) is 16.4. The third-order valence-corrected chi connectivity index (χ3v) is 5.04. The number of fused-ring (bicyclic) bond motifs is 1. The number of H-pyrrole nitrogens is 1. The summed E-state index contributed by atoms with van der Waals surface area (Å²) < 4.78 is 13.5. The Balaban J connectivity index is 1.51. The van der Waals surface area contributed by atoms with E-state index >= 15 is 0 Å². The molecule has 2 aromatic heterocycles. The van der Waals surface area contributed by atoms with Gasteiger partial charge in [0.1, 0.15) is 17.5 Å². The summed E-state index contributed by atoms with van der Waals surface area (Å²) in [5, 5.41) is 10.3. The van der Waals surface area contributed by atoms with Crippen molar-refractivity contribution in [2.75, 3.05) is 23.7 Å². The van der Waals surface area contributed by atoms with Gasteiger partial charge in [0.15, 0.2) is 0 Å². The van der Waals surface area contributed by atoms with Gasteiger partial charge in [0.25, 0.3) is 0 Å². The van der Waals surface area contributed by atoms with Crippen molar-refractivity contribution in [2.24, 2.45) is 0 Å². The topological polar surface area (TPSA) is 90.6 Å². The van der Waals surface area contributed by atoms with Crippen LogP contribution in [0.25, 0.3) is 22.4 Å². The highest BCUT2D eigenvalue weighted by molar-refractivity contribution is 5.82. The van der Waals surface area contributed by atoms with Crippen molar-refractivity contribution in [1.82, 2.24) is 25.3 Å². The maximum absolute atomic E-state index is 13.5. The average molecular weight is 367 g/mol. The molecule has 1 aromatic carbocycles. The summed E-state index contributed by atoms with van der Waals surface area (Å²) in [6.45, 7) is 1.96. The van der Waals surface area contributed by atoms with Crippen molar-refractivity contribution < 1.29 is 4.39 Å². The van der Waals surface area contributed by atoms with Crippen LogP contribution in [0.15, 0.2) is 24.4 Å². The number of aromatic nitrogens is 4. The quantitative estimate of drug-likeness (QED) is 0.554. The molecular formula is C19H22FN7. The summed E-state index contributed by atoms with van der Waals surface area (Å²) in [5.41, 5.74) is 2.17. The second kappa shape index (κ2) is 6.77. The molecule has 5 rings (SSSR count). The number of rotatable bonds is 5. The molecule has 27 heavy (non-hydrogen) atoms. The fourth-order valence-electron chi connectivity index (χ4n) is 3.42. The molecule has 3 aromatic rings. The number of anilines is 2. The highest BCUT2D eigenvalue weighted by Gasteiger charge is 2.23. The minimum Gasteiger partial charge on any atom is -0.365 e. The fraction of sp³-hybridized carbons (Fsp3) is 0.421. The second-order valence-electron chi connectivity index (χ2n) is 7.31. The minimum atomic E-state index is -0.287. The molecule has 3 heterocycles. The van der Waals surface area contributed by atoms with E-state index in [2.05, 4.69) is 30.9 Å². The van der Waals surface area contributed by atoms with Crippen LogP contribution in [-0.4, -0.2) is 45.1 Å². The summed E-state index contributed by atoms with van der Waals surface area (Å²) in [6.07, 6.45) is 6.33. The maximum Gasteiger partial charge on any atom is 0.224 e. The molecule has 4 N–H and O–H groups in total. The average Bonchev–Trinajstić information content (AvgIpc) is 3.39. The number of halogens is 1. The zero-order valence-electron chi connectivity index (χ0n) is 14.9. The number of nitrogens with one attached hydrogen (secondary N) is 4. The normalized spacial score (nSPS) is 20.0. The zero-order chi connectivity index (χ0) is 18.2.